The Bertz CT molecular complexity index is 403. The van der Waals surface area contributed by atoms with Gasteiger partial charge in [0.15, 0.2) is 0 Å². The van der Waals surface area contributed by atoms with Gasteiger partial charge < -0.3 is 4.74 Å². The first kappa shape index (κ1) is 8.01. The molecule has 1 heterocycles. The maximum atomic E-state index is 5.40. The molecule has 0 amide bonds. The van der Waals surface area contributed by atoms with E-state index in [0.29, 0.717) is 5.92 Å². The van der Waals surface area contributed by atoms with Gasteiger partial charge in [-0.2, -0.15) is 0 Å². The lowest BCUT2D eigenvalue weighted by Crippen LogP contribution is -1.91. The average Bonchev–Trinajstić information content (AvgIpc) is 2.88. The second-order valence-corrected chi connectivity index (χ2v) is 3.82. The highest BCUT2D eigenvalue weighted by molar-refractivity contribution is 5.40. The van der Waals surface area contributed by atoms with Crippen LogP contribution < -0.4 is 0 Å². The van der Waals surface area contributed by atoms with Crippen molar-refractivity contribution in [3.8, 4) is 0 Å². The summed E-state index contributed by atoms with van der Waals surface area (Å²) < 4.78 is 5.40. The van der Waals surface area contributed by atoms with Crippen LogP contribution in [0.25, 0.3) is 0 Å². The monoisotopic (exact) mass is 184 g/mol. The third kappa shape index (κ3) is 1.21. The maximum Gasteiger partial charge on any atom is 0.0725 e. The summed E-state index contributed by atoms with van der Waals surface area (Å²) in [6.07, 6.45) is 8.65. The Kier molecular flexibility index (Phi) is 1.78. The third-order valence-electron chi connectivity index (χ3n) is 2.88. The lowest BCUT2D eigenvalue weighted by Gasteiger charge is -2.07. The van der Waals surface area contributed by atoms with Gasteiger partial charge in [-0.05, 0) is 16.7 Å². The highest BCUT2D eigenvalue weighted by atomic mass is 16.5. The molecule has 0 saturated heterocycles. The van der Waals surface area contributed by atoms with Crippen LogP contribution in [0, 0.1) is 0 Å². The molecule has 1 nitrogen and oxygen atoms in total. The standard InChI is InChI=1S/C13H12O/c1-2-4-10(3-1)11-5-6-12-8-14-9-13(12)7-11/h1-7,10H,8-9H2. The molecule has 0 spiro atoms. The van der Waals surface area contributed by atoms with Gasteiger partial charge in [-0.1, -0.05) is 42.5 Å². The Morgan fingerprint density at radius 2 is 1.79 bits per heavy atom. The highest BCUT2D eigenvalue weighted by Crippen LogP contribution is 2.27. The quantitative estimate of drug-likeness (QED) is 0.652. The molecule has 0 bridgehead atoms. The molecule has 1 heteroatoms. The van der Waals surface area contributed by atoms with Crippen LogP contribution in [0.1, 0.15) is 22.6 Å². The molecule has 0 saturated carbocycles. The molecule has 2 aliphatic rings. The lowest BCUT2D eigenvalue weighted by atomic mass is 9.97. The van der Waals surface area contributed by atoms with Crippen LogP contribution in [-0.4, -0.2) is 0 Å². The zero-order valence-corrected chi connectivity index (χ0v) is 7.94. The Morgan fingerprint density at radius 1 is 1.00 bits per heavy atom. The van der Waals surface area contributed by atoms with Gasteiger partial charge in [0.05, 0.1) is 13.2 Å². The van der Waals surface area contributed by atoms with E-state index in [-0.39, 0.29) is 0 Å². The van der Waals surface area contributed by atoms with E-state index in [1.807, 2.05) is 0 Å². The molecule has 1 aromatic rings. The van der Waals surface area contributed by atoms with E-state index in [1.165, 1.54) is 16.7 Å². The molecular weight excluding hydrogens is 172 g/mol. The SMILES string of the molecule is C1=CC(c2ccc3c(c2)COC3)C=C1. The summed E-state index contributed by atoms with van der Waals surface area (Å²) in [7, 11) is 0. The average molecular weight is 184 g/mol. The molecule has 14 heavy (non-hydrogen) atoms. The van der Waals surface area contributed by atoms with E-state index in [2.05, 4.69) is 42.5 Å². The minimum Gasteiger partial charge on any atom is -0.372 e. The van der Waals surface area contributed by atoms with Gasteiger partial charge in [-0.15, -0.1) is 0 Å². The molecule has 1 aliphatic carbocycles. The maximum absolute atomic E-state index is 5.40. The normalized spacial score (nSPS) is 19.1. The summed E-state index contributed by atoms with van der Waals surface area (Å²) in [5.41, 5.74) is 4.08. The molecule has 1 aliphatic heterocycles. The fourth-order valence-electron chi connectivity index (χ4n) is 2.05. The number of fused-ring (bicyclic) bond motifs is 1. The first-order valence-corrected chi connectivity index (χ1v) is 4.98. The van der Waals surface area contributed by atoms with E-state index < -0.39 is 0 Å². The van der Waals surface area contributed by atoms with Gasteiger partial charge in [0.2, 0.25) is 0 Å². The second-order valence-electron chi connectivity index (χ2n) is 3.82. The zero-order valence-electron chi connectivity index (χ0n) is 7.94. The van der Waals surface area contributed by atoms with E-state index in [0.717, 1.165) is 13.2 Å². The summed E-state index contributed by atoms with van der Waals surface area (Å²) in [5, 5.41) is 0. The molecule has 0 aromatic heterocycles. The number of hydrogen-bond acceptors (Lipinski definition) is 1. The van der Waals surface area contributed by atoms with Crippen molar-refractivity contribution >= 4 is 0 Å². The van der Waals surface area contributed by atoms with E-state index in [9.17, 15) is 0 Å². The van der Waals surface area contributed by atoms with Crippen molar-refractivity contribution in [2.24, 2.45) is 0 Å². The minimum absolute atomic E-state index is 0.473. The number of ether oxygens (including phenoxy) is 1. The highest BCUT2D eigenvalue weighted by Gasteiger charge is 2.14. The van der Waals surface area contributed by atoms with E-state index in [1.54, 1.807) is 0 Å². The van der Waals surface area contributed by atoms with Gasteiger partial charge >= 0.3 is 0 Å². The first-order valence-electron chi connectivity index (χ1n) is 4.98. The van der Waals surface area contributed by atoms with Crippen molar-refractivity contribution in [3.63, 3.8) is 0 Å². The van der Waals surface area contributed by atoms with E-state index in [4.69, 9.17) is 4.74 Å². The largest absolute Gasteiger partial charge is 0.372 e. The lowest BCUT2D eigenvalue weighted by molar-refractivity contribution is 0.134. The molecule has 1 aromatic carbocycles. The summed E-state index contributed by atoms with van der Waals surface area (Å²) in [4.78, 5) is 0. The predicted octanol–water partition coefficient (Wildman–Crippen LogP) is 2.93. The van der Waals surface area contributed by atoms with Crippen LogP contribution in [0.2, 0.25) is 0 Å². The topological polar surface area (TPSA) is 9.23 Å². The molecule has 0 fully saturated rings. The molecular formula is C13H12O. The minimum atomic E-state index is 0.473. The third-order valence-corrected chi connectivity index (χ3v) is 2.88. The number of rotatable bonds is 1. The Morgan fingerprint density at radius 3 is 2.64 bits per heavy atom. The van der Waals surface area contributed by atoms with Crippen molar-refractivity contribution in [2.75, 3.05) is 0 Å². The second kappa shape index (κ2) is 3.10. The fraction of sp³-hybridized carbons (Fsp3) is 0.231. The summed E-state index contributed by atoms with van der Waals surface area (Å²) in [6.45, 7) is 1.56. The molecule has 0 atom stereocenters. The number of allylic oxidation sites excluding steroid dienone is 4. The summed E-state index contributed by atoms with van der Waals surface area (Å²) in [5.74, 6) is 0.473. The van der Waals surface area contributed by atoms with Crippen molar-refractivity contribution in [1.29, 1.82) is 0 Å². The molecule has 0 radical (unpaired) electrons. The fourth-order valence-corrected chi connectivity index (χ4v) is 2.05. The van der Waals surface area contributed by atoms with Crippen LogP contribution in [0.4, 0.5) is 0 Å². The molecule has 0 N–H and O–H groups in total. The Labute approximate surface area is 83.7 Å². The smallest absolute Gasteiger partial charge is 0.0725 e. The van der Waals surface area contributed by atoms with Crippen LogP contribution in [0.15, 0.2) is 42.5 Å². The molecule has 0 unspecified atom stereocenters. The van der Waals surface area contributed by atoms with Gasteiger partial charge in [0.25, 0.3) is 0 Å². The van der Waals surface area contributed by atoms with Crippen molar-refractivity contribution in [2.45, 2.75) is 19.1 Å². The van der Waals surface area contributed by atoms with Crippen molar-refractivity contribution in [3.05, 3.63) is 59.2 Å². The van der Waals surface area contributed by atoms with Crippen molar-refractivity contribution < 1.29 is 4.74 Å². The van der Waals surface area contributed by atoms with E-state index >= 15 is 0 Å². The van der Waals surface area contributed by atoms with Gasteiger partial charge in [0, 0.05) is 5.92 Å². The van der Waals surface area contributed by atoms with Gasteiger partial charge in [0.1, 0.15) is 0 Å². The summed E-state index contributed by atoms with van der Waals surface area (Å²) in [6, 6.07) is 6.67. The number of hydrogen-bond donors (Lipinski definition) is 0. The van der Waals surface area contributed by atoms with Crippen LogP contribution in [0.3, 0.4) is 0 Å². The predicted molar refractivity (Wildman–Crippen MR) is 56.0 cm³/mol. The van der Waals surface area contributed by atoms with Gasteiger partial charge in [-0.25, -0.2) is 0 Å². The van der Waals surface area contributed by atoms with Crippen LogP contribution >= 0.6 is 0 Å². The summed E-state index contributed by atoms with van der Waals surface area (Å²) >= 11 is 0. The van der Waals surface area contributed by atoms with Gasteiger partial charge in [-0.3, -0.25) is 0 Å². The molecule has 70 valence electrons. The first-order chi connectivity index (χ1) is 6.93. The van der Waals surface area contributed by atoms with Crippen LogP contribution in [-0.2, 0) is 18.0 Å². The van der Waals surface area contributed by atoms with Crippen molar-refractivity contribution in [1.82, 2.24) is 0 Å². The zero-order chi connectivity index (χ0) is 9.38. The Balaban J connectivity index is 2.00. The molecule has 3 rings (SSSR count). The van der Waals surface area contributed by atoms with Crippen LogP contribution in [0.5, 0.6) is 0 Å². The number of benzene rings is 1. The Hall–Kier alpha value is -1.34.